The molecule has 1 atom stereocenters. The van der Waals surface area contributed by atoms with Gasteiger partial charge in [-0.3, -0.25) is 4.90 Å². The van der Waals surface area contributed by atoms with E-state index in [1.807, 2.05) is 17.5 Å². The second kappa shape index (κ2) is 5.32. The fraction of sp³-hybridized carbons (Fsp3) is 0.545. The molecule has 0 aromatic carbocycles. The minimum Gasteiger partial charge on any atom is -0.409 e. The molecule has 16 heavy (non-hydrogen) atoms. The van der Waals surface area contributed by atoms with Crippen molar-refractivity contribution in [2.45, 2.75) is 25.3 Å². The van der Waals surface area contributed by atoms with Crippen LogP contribution in [0.3, 0.4) is 0 Å². The second-order valence-corrected chi connectivity index (χ2v) is 5.02. The molecule has 3 N–H and O–H groups in total. The van der Waals surface area contributed by atoms with Crippen LogP contribution in [0.4, 0.5) is 0 Å². The topological polar surface area (TPSA) is 61.9 Å². The van der Waals surface area contributed by atoms with Gasteiger partial charge in [0.2, 0.25) is 0 Å². The molecule has 0 radical (unpaired) electrons. The van der Waals surface area contributed by atoms with Crippen LogP contribution in [0.25, 0.3) is 0 Å². The molecule has 88 valence electrons. The summed E-state index contributed by atoms with van der Waals surface area (Å²) in [5.41, 5.74) is 5.80. The normalized spacial score (nSPS) is 20.9. The van der Waals surface area contributed by atoms with Crippen LogP contribution in [0, 0.1) is 0 Å². The fourth-order valence-electron chi connectivity index (χ4n) is 2.19. The number of thiophene rings is 1. The molecule has 0 spiro atoms. The molecule has 1 fully saturated rings. The highest BCUT2D eigenvalue weighted by Crippen LogP contribution is 2.27. The fourth-order valence-corrected chi connectivity index (χ4v) is 3.06. The Hall–Kier alpha value is -1.07. The second-order valence-electron chi connectivity index (χ2n) is 4.04. The maximum atomic E-state index is 8.88. The summed E-state index contributed by atoms with van der Waals surface area (Å²) < 4.78 is 0. The molecule has 1 unspecified atom stereocenters. The summed E-state index contributed by atoms with van der Waals surface area (Å²) in [7, 11) is 0. The van der Waals surface area contributed by atoms with Gasteiger partial charge >= 0.3 is 0 Å². The molecule has 1 aliphatic rings. The Labute approximate surface area is 99.4 Å². The molecular weight excluding hydrogens is 222 g/mol. The van der Waals surface area contributed by atoms with Crippen LogP contribution in [0.1, 0.15) is 30.2 Å². The quantitative estimate of drug-likeness (QED) is 0.367. The molecule has 0 saturated carbocycles. The van der Waals surface area contributed by atoms with Crippen LogP contribution in [0.5, 0.6) is 0 Å². The highest BCUT2D eigenvalue weighted by atomic mass is 32.1. The van der Waals surface area contributed by atoms with Crippen LogP contribution >= 0.6 is 11.3 Å². The van der Waals surface area contributed by atoms with E-state index in [1.165, 1.54) is 19.3 Å². The van der Waals surface area contributed by atoms with Crippen molar-refractivity contribution >= 4 is 17.2 Å². The monoisotopic (exact) mass is 239 g/mol. The number of rotatable bonds is 3. The predicted molar refractivity (Wildman–Crippen MR) is 65.9 cm³/mol. The number of hydrogen-bond donors (Lipinski definition) is 2. The van der Waals surface area contributed by atoms with Crippen molar-refractivity contribution in [3.05, 3.63) is 22.4 Å². The lowest BCUT2D eigenvalue weighted by Gasteiger charge is -2.33. The van der Waals surface area contributed by atoms with Crippen molar-refractivity contribution in [1.82, 2.24) is 4.90 Å². The van der Waals surface area contributed by atoms with Crippen molar-refractivity contribution in [1.29, 1.82) is 0 Å². The summed E-state index contributed by atoms with van der Waals surface area (Å²) in [6.07, 6.45) is 3.67. The zero-order valence-electron chi connectivity index (χ0n) is 9.17. The number of nitrogens with zero attached hydrogens (tertiary/aromatic N) is 2. The Morgan fingerprint density at radius 1 is 1.44 bits per heavy atom. The third kappa shape index (κ3) is 2.36. The number of hydrogen-bond acceptors (Lipinski definition) is 4. The first-order chi connectivity index (χ1) is 7.83. The largest absolute Gasteiger partial charge is 0.409 e. The molecule has 1 aliphatic heterocycles. The van der Waals surface area contributed by atoms with Crippen molar-refractivity contribution in [3.63, 3.8) is 0 Å². The Bertz CT molecular complexity index is 344. The maximum absolute atomic E-state index is 8.88. The standard InChI is InChI=1S/C11H17N3OS/c12-11(13-15)10(9-5-4-8-16-9)14-6-2-1-3-7-14/h4-5,8,10,15H,1-3,6-7H2,(H2,12,13). The molecule has 0 aliphatic carbocycles. The summed E-state index contributed by atoms with van der Waals surface area (Å²) in [5.74, 6) is 0.296. The minimum absolute atomic E-state index is 0.0506. The minimum atomic E-state index is -0.0506. The van der Waals surface area contributed by atoms with Gasteiger partial charge in [0.1, 0.15) is 6.04 Å². The van der Waals surface area contributed by atoms with Gasteiger partial charge in [0, 0.05) is 4.88 Å². The summed E-state index contributed by atoms with van der Waals surface area (Å²) in [4.78, 5) is 3.45. The van der Waals surface area contributed by atoms with Crippen molar-refractivity contribution in [3.8, 4) is 0 Å². The van der Waals surface area contributed by atoms with Crippen LogP contribution in [-0.2, 0) is 0 Å². The van der Waals surface area contributed by atoms with E-state index in [4.69, 9.17) is 10.9 Å². The Balaban J connectivity index is 2.20. The summed E-state index contributed by atoms with van der Waals surface area (Å²) in [5, 5.41) is 14.1. The molecule has 0 amide bonds. The highest BCUT2D eigenvalue weighted by Gasteiger charge is 2.26. The smallest absolute Gasteiger partial charge is 0.161 e. The van der Waals surface area contributed by atoms with E-state index in [9.17, 15) is 0 Å². The van der Waals surface area contributed by atoms with Gasteiger partial charge in [-0.1, -0.05) is 17.6 Å². The first kappa shape index (κ1) is 11.4. The molecule has 2 rings (SSSR count). The van der Waals surface area contributed by atoms with E-state index in [0.29, 0.717) is 5.84 Å². The third-order valence-electron chi connectivity index (χ3n) is 2.96. The van der Waals surface area contributed by atoms with Crippen molar-refractivity contribution in [2.24, 2.45) is 10.9 Å². The van der Waals surface area contributed by atoms with E-state index >= 15 is 0 Å². The van der Waals surface area contributed by atoms with Crippen molar-refractivity contribution in [2.75, 3.05) is 13.1 Å². The van der Waals surface area contributed by atoms with E-state index in [-0.39, 0.29) is 6.04 Å². The Kier molecular flexibility index (Phi) is 3.79. The molecular formula is C11H17N3OS. The van der Waals surface area contributed by atoms with Gasteiger partial charge in [0.25, 0.3) is 0 Å². The summed E-state index contributed by atoms with van der Waals surface area (Å²) in [6, 6.07) is 3.99. The SMILES string of the molecule is N/C(=N\O)C(c1cccs1)N1CCCCC1. The number of likely N-dealkylation sites (tertiary alicyclic amines) is 1. The van der Waals surface area contributed by atoms with Gasteiger partial charge < -0.3 is 10.9 Å². The summed E-state index contributed by atoms with van der Waals surface area (Å²) in [6.45, 7) is 2.05. The average Bonchev–Trinajstić information content (AvgIpc) is 2.84. The predicted octanol–water partition coefficient (Wildman–Crippen LogP) is 2.02. The molecule has 5 heteroatoms. The number of nitrogens with two attached hydrogens (primary N) is 1. The van der Waals surface area contributed by atoms with Crippen LogP contribution in [0.15, 0.2) is 22.7 Å². The Morgan fingerprint density at radius 2 is 2.19 bits per heavy atom. The molecule has 2 heterocycles. The highest BCUT2D eigenvalue weighted by molar-refractivity contribution is 7.10. The molecule has 1 saturated heterocycles. The lowest BCUT2D eigenvalue weighted by molar-refractivity contribution is 0.199. The average molecular weight is 239 g/mol. The third-order valence-corrected chi connectivity index (χ3v) is 3.89. The molecule has 1 aromatic heterocycles. The van der Waals surface area contributed by atoms with Crippen molar-refractivity contribution < 1.29 is 5.21 Å². The van der Waals surface area contributed by atoms with E-state index in [0.717, 1.165) is 18.0 Å². The number of oxime groups is 1. The van der Waals surface area contributed by atoms with Gasteiger partial charge in [-0.05, 0) is 37.4 Å². The zero-order chi connectivity index (χ0) is 11.4. The van der Waals surface area contributed by atoms with E-state index in [1.54, 1.807) is 11.3 Å². The number of amidine groups is 1. The van der Waals surface area contributed by atoms with Crippen LogP contribution in [0.2, 0.25) is 0 Å². The van der Waals surface area contributed by atoms with Crippen LogP contribution < -0.4 is 5.73 Å². The lowest BCUT2D eigenvalue weighted by atomic mass is 10.1. The van der Waals surface area contributed by atoms with Gasteiger partial charge in [-0.15, -0.1) is 11.3 Å². The van der Waals surface area contributed by atoms with Gasteiger partial charge in [-0.25, -0.2) is 0 Å². The first-order valence-electron chi connectivity index (χ1n) is 5.58. The molecule has 4 nitrogen and oxygen atoms in total. The lowest BCUT2D eigenvalue weighted by Crippen LogP contribution is -2.40. The molecule has 1 aromatic rings. The van der Waals surface area contributed by atoms with Crippen LogP contribution in [-0.4, -0.2) is 29.0 Å². The van der Waals surface area contributed by atoms with E-state index in [2.05, 4.69) is 10.1 Å². The first-order valence-corrected chi connectivity index (χ1v) is 6.46. The van der Waals surface area contributed by atoms with Gasteiger partial charge in [-0.2, -0.15) is 0 Å². The summed E-state index contributed by atoms with van der Waals surface area (Å²) >= 11 is 1.65. The van der Waals surface area contributed by atoms with E-state index < -0.39 is 0 Å². The molecule has 0 bridgehead atoms. The van der Waals surface area contributed by atoms with Gasteiger partial charge in [0.15, 0.2) is 5.84 Å². The zero-order valence-corrected chi connectivity index (χ0v) is 9.99. The number of piperidine rings is 1. The Morgan fingerprint density at radius 3 is 2.75 bits per heavy atom. The maximum Gasteiger partial charge on any atom is 0.161 e. The van der Waals surface area contributed by atoms with Gasteiger partial charge in [0.05, 0.1) is 0 Å².